The first-order chi connectivity index (χ1) is 13.5. The second kappa shape index (κ2) is 7.16. The van der Waals surface area contributed by atoms with E-state index in [0.29, 0.717) is 17.7 Å². The van der Waals surface area contributed by atoms with Gasteiger partial charge in [-0.1, -0.05) is 18.2 Å². The Morgan fingerprint density at radius 2 is 2.07 bits per heavy atom. The lowest BCUT2D eigenvalue weighted by Crippen LogP contribution is -2.20. The SMILES string of the molecule is CNCCCn1c2c(c3ccccc31)-c1[nH]c(=O)c(C(=O)O)c(O)c1CCC2. The van der Waals surface area contributed by atoms with E-state index >= 15 is 0 Å². The quantitative estimate of drug-likeness (QED) is 0.508. The number of rotatable bonds is 5. The van der Waals surface area contributed by atoms with E-state index in [1.165, 1.54) is 0 Å². The minimum Gasteiger partial charge on any atom is -0.506 e. The van der Waals surface area contributed by atoms with Crippen LogP contribution >= 0.6 is 0 Å². The van der Waals surface area contributed by atoms with Gasteiger partial charge in [-0.15, -0.1) is 0 Å². The summed E-state index contributed by atoms with van der Waals surface area (Å²) in [6, 6.07) is 8.02. The summed E-state index contributed by atoms with van der Waals surface area (Å²) in [4.78, 5) is 26.6. The molecule has 7 nitrogen and oxygen atoms in total. The second-order valence-electron chi connectivity index (χ2n) is 7.14. The van der Waals surface area contributed by atoms with Gasteiger partial charge in [0.25, 0.3) is 5.56 Å². The van der Waals surface area contributed by atoms with Crippen molar-refractivity contribution in [2.45, 2.75) is 32.2 Å². The van der Waals surface area contributed by atoms with Crippen LogP contribution in [-0.4, -0.2) is 39.3 Å². The monoisotopic (exact) mass is 381 g/mol. The lowest BCUT2D eigenvalue weighted by atomic mass is 10.00. The molecule has 28 heavy (non-hydrogen) atoms. The molecule has 3 aromatic rings. The molecule has 0 aliphatic heterocycles. The molecule has 0 spiro atoms. The van der Waals surface area contributed by atoms with Crippen LogP contribution in [0.2, 0.25) is 0 Å². The third-order valence-electron chi connectivity index (χ3n) is 5.48. The Bertz CT molecular complexity index is 1130. The molecule has 2 heterocycles. The maximum absolute atomic E-state index is 12.4. The van der Waals surface area contributed by atoms with Crippen molar-refractivity contribution in [1.82, 2.24) is 14.9 Å². The fourth-order valence-corrected chi connectivity index (χ4v) is 4.28. The Balaban J connectivity index is 2.01. The summed E-state index contributed by atoms with van der Waals surface area (Å²) >= 11 is 0. The molecule has 1 aliphatic carbocycles. The highest BCUT2D eigenvalue weighted by molar-refractivity contribution is 6.00. The Hall–Kier alpha value is -3.06. The van der Waals surface area contributed by atoms with Crippen molar-refractivity contribution >= 4 is 16.9 Å². The van der Waals surface area contributed by atoms with Crippen LogP contribution in [0.15, 0.2) is 29.1 Å². The molecule has 0 saturated carbocycles. The highest BCUT2D eigenvalue weighted by Crippen LogP contribution is 2.41. The number of carbonyl (C=O) groups is 1. The van der Waals surface area contributed by atoms with E-state index in [-0.39, 0.29) is 0 Å². The molecule has 1 aromatic carbocycles. The summed E-state index contributed by atoms with van der Waals surface area (Å²) < 4.78 is 2.29. The number of hydrogen-bond donors (Lipinski definition) is 4. The van der Waals surface area contributed by atoms with Gasteiger partial charge in [-0.2, -0.15) is 0 Å². The molecule has 0 radical (unpaired) electrons. The normalized spacial score (nSPS) is 13.2. The molecule has 2 aromatic heterocycles. The van der Waals surface area contributed by atoms with E-state index in [0.717, 1.165) is 54.5 Å². The molecular formula is C21H23N3O4. The average molecular weight is 381 g/mol. The van der Waals surface area contributed by atoms with Crippen molar-refractivity contribution in [3.8, 4) is 17.0 Å². The van der Waals surface area contributed by atoms with Crippen LogP contribution in [0.4, 0.5) is 0 Å². The van der Waals surface area contributed by atoms with E-state index < -0.39 is 22.8 Å². The van der Waals surface area contributed by atoms with Crippen LogP contribution in [0.1, 0.15) is 34.5 Å². The second-order valence-corrected chi connectivity index (χ2v) is 7.14. The van der Waals surface area contributed by atoms with Gasteiger partial charge in [0, 0.05) is 34.3 Å². The van der Waals surface area contributed by atoms with Crippen LogP contribution in [0.5, 0.6) is 5.75 Å². The number of carboxylic acid groups (broad SMARTS) is 1. The minimum absolute atomic E-state index is 0.411. The number of aryl methyl sites for hydroxylation is 1. The van der Waals surface area contributed by atoms with E-state index in [9.17, 15) is 19.8 Å². The fraction of sp³-hybridized carbons (Fsp3) is 0.333. The van der Waals surface area contributed by atoms with Gasteiger partial charge >= 0.3 is 5.97 Å². The number of fused-ring (bicyclic) bond motifs is 5. The first-order valence-electron chi connectivity index (χ1n) is 9.51. The Labute approximate surface area is 161 Å². The number of nitrogens with one attached hydrogen (secondary N) is 2. The maximum Gasteiger partial charge on any atom is 0.345 e. The molecule has 4 N–H and O–H groups in total. The van der Waals surface area contributed by atoms with Crippen LogP contribution in [0.3, 0.4) is 0 Å². The van der Waals surface area contributed by atoms with Crippen molar-refractivity contribution in [2.75, 3.05) is 13.6 Å². The number of H-pyrrole nitrogens is 1. The predicted molar refractivity (Wildman–Crippen MR) is 107 cm³/mol. The first-order valence-corrected chi connectivity index (χ1v) is 9.51. The van der Waals surface area contributed by atoms with Gasteiger partial charge in [0.2, 0.25) is 0 Å². The molecule has 1 aliphatic rings. The molecule has 0 fully saturated rings. The van der Waals surface area contributed by atoms with Gasteiger partial charge in [0.05, 0.1) is 5.69 Å². The number of carboxylic acids is 1. The first kappa shape index (κ1) is 18.3. The zero-order valence-electron chi connectivity index (χ0n) is 15.7. The topological polar surface area (TPSA) is 107 Å². The van der Waals surface area contributed by atoms with E-state index in [4.69, 9.17) is 0 Å². The molecule has 0 unspecified atom stereocenters. The van der Waals surface area contributed by atoms with Crippen molar-refractivity contribution in [3.63, 3.8) is 0 Å². The molecule has 4 rings (SSSR count). The number of aromatic nitrogens is 2. The zero-order valence-corrected chi connectivity index (χ0v) is 15.7. The summed E-state index contributed by atoms with van der Waals surface area (Å²) in [5.74, 6) is -1.83. The maximum atomic E-state index is 12.4. The molecule has 0 bridgehead atoms. The fourth-order valence-electron chi connectivity index (χ4n) is 4.28. The molecular weight excluding hydrogens is 358 g/mol. The Morgan fingerprint density at radius 1 is 1.29 bits per heavy atom. The summed E-state index contributed by atoms with van der Waals surface area (Å²) in [5.41, 5.74) is 2.80. The highest BCUT2D eigenvalue weighted by atomic mass is 16.4. The third-order valence-corrected chi connectivity index (χ3v) is 5.48. The molecule has 0 amide bonds. The van der Waals surface area contributed by atoms with Crippen molar-refractivity contribution in [1.29, 1.82) is 0 Å². The van der Waals surface area contributed by atoms with Crippen LogP contribution in [0, 0.1) is 0 Å². The number of pyridine rings is 1. The van der Waals surface area contributed by atoms with E-state index in [2.05, 4.69) is 20.9 Å². The van der Waals surface area contributed by atoms with Gasteiger partial charge in [0.1, 0.15) is 5.75 Å². The van der Waals surface area contributed by atoms with E-state index in [1.807, 2.05) is 25.2 Å². The summed E-state index contributed by atoms with van der Waals surface area (Å²) in [6.45, 7) is 1.74. The lowest BCUT2D eigenvalue weighted by Gasteiger charge is -2.11. The van der Waals surface area contributed by atoms with Crippen LogP contribution in [0.25, 0.3) is 22.2 Å². The largest absolute Gasteiger partial charge is 0.506 e. The average Bonchev–Trinajstić information content (AvgIpc) is 2.83. The standard InChI is InChI=1S/C21H23N3O4/c1-22-10-5-11-24-14-8-3-2-6-12(14)16-15(24)9-4-7-13-18(16)23-20(26)17(19(13)25)21(27)28/h2-3,6,8,22H,4-5,7,9-11H2,1H3,(H,27,28)(H2,23,25,26). The predicted octanol–water partition coefficient (Wildman–Crippen LogP) is 2.50. The van der Waals surface area contributed by atoms with Gasteiger partial charge < -0.3 is 25.1 Å². The molecule has 7 heteroatoms. The molecule has 0 atom stereocenters. The van der Waals surface area contributed by atoms with Gasteiger partial charge in [-0.3, -0.25) is 4.79 Å². The Kier molecular flexibility index (Phi) is 4.68. The third kappa shape index (κ3) is 2.79. The zero-order chi connectivity index (χ0) is 19.8. The van der Waals surface area contributed by atoms with Crippen molar-refractivity contribution in [3.05, 3.63) is 51.4 Å². The summed E-state index contributed by atoms with van der Waals surface area (Å²) in [6.07, 6.45) is 3.04. The smallest absolute Gasteiger partial charge is 0.345 e. The van der Waals surface area contributed by atoms with E-state index in [1.54, 1.807) is 0 Å². The number of para-hydroxylation sites is 1. The summed E-state index contributed by atoms with van der Waals surface area (Å²) in [5, 5.41) is 24.1. The van der Waals surface area contributed by atoms with Gasteiger partial charge in [-0.05, 0) is 45.3 Å². The van der Waals surface area contributed by atoms with Crippen LogP contribution in [-0.2, 0) is 19.4 Å². The number of aromatic hydroxyl groups is 1. The van der Waals surface area contributed by atoms with Crippen molar-refractivity contribution < 1.29 is 15.0 Å². The Morgan fingerprint density at radius 3 is 2.82 bits per heavy atom. The van der Waals surface area contributed by atoms with Gasteiger partial charge in [0.15, 0.2) is 5.56 Å². The number of hydrogen-bond acceptors (Lipinski definition) is 4. The lowest BCUT2D eigenvalue weighted by molar-refractivity contribution is 0.0691. The van der Waals surface area contributed by atoms with Gasteiger partial charge in [-0.25, -0.2) is 4.79 Å². The van der Waals surface area contributed by atoms with Crippen LogP contribution < -0.4 is 10.9 Å². The highest BCUT2D eigenvalue weighted by Gasteiger charge is 2.28. The molecule has 146 valence electrons. The number of aromatic carboxylic acids is 1. The minimum atomic E-state index is -1.42. The number of aromatic amines is 1. The number of benzene rings is 1. The molecule has 0 saturated heterocycles. The number of nitrogens with zero attached hydrogens (tertiary/aromatic N) is 1. The van der Waals surface area contributed by atoms with Crippen molar-refractivity contribution in [2.24, 2.45) is 0 Å². The summed E-state index contributed by atoms with van der Waals surface area (Å²) in [7, 11) is 1.93.